The predicted molar refractivity (Wildman–Crippen MR) is 162 cm³/mol. The molecule has 0 bridgehead atoms. The summed E-state index contributed by atoms with van der Waals surface area (Å²) in [5, 5.41) is 0. The maximum Gasteiger partial charge on any atom is 0.266 e. The van der Waals surface area contributed by atoms with Gasteiger partial charge in [0.2, 0.25) is 10.0 Å². The molecule has 1 aliphatic heterocycles. The van der Waals surface area contributed by atoms with E-state index >= 15 is 0 Å². The molecular weight excluding hydrogens is 538 g/mol. The Labute approximate surface area is 242 Å². The van der Waals surface area contributed by atoms with Gasteiger partial charge in [-0.05, 0) is 47.7 Å². The van der Waals surface area contributed by atoms with E-state index in [1.807, 2.05) is 74.5 Å². The van der Waals surface area contributed by atoms with Crippen LogP contribution < -0.4 is 10.0 Å². The number of aliphatic imine (C=N–C) groups is 1. The first kappa shape index (κ1) is 29.8. The number of rotatable bonds is 11. The largest absolute Gasteiger partial charge is 0.369 e. The number of sulfonamides is 1. The number of hydrogen-bond donors (Lipinski definition) is 1. The van der Waals surface area contributed by atoms with Crippen LogP contribution in [-0.4, -0.2) is 62.4 Å². The summed E-state index contributed by atoms with van der Waals surface area (Å²) in [6, 6.07) is 23.5. The molecule has 0 spiro atoms. The van der Waals surface area contributed by atoms with Crippen LogP contribution in [0.3, 0.4) is 0 Å². The molecule has 0 unspecified atom stereocenters. The molecule has 0 fully saturated rings. The van der Waals surface area contributed by atoms with Gasteiger partial charge in [0.1, 0.15) is 0 Å². The van der Waals surface area contributed by atoms with Gasteiger partial charge in [0.15, 0.2) is 11.5 Å². The summed E-state index contributed by atoms with van der Waals surface area (Å²) in [5.41, 5.74) is 7.64. The highest BCUT2D eigenvalue weighted by molar-refractivity contribution is 7.92. The molecule has 0 aromatic heterocycles. The molecule has 9 nitrogen and oxygen atoms in total. The Morgan fingerprint density at radius 2 is 1.46 bits per heavy atom. The van der Waals surface area contributed by atoms with Gasteiger partial charge in [-0.25, -0.2) is 13.4 Å². The minimum atomic E-state index is -3.62. The summed E-state index contributed by atoms with van der Waals surface area (Å²) < 4.78 is 26.0. The highest BCUT2D eigenvalue weighted by Crippen LogP contribution is 2.40. The van der Waals surface area contributed by atoms with Gasteiger partial charge in [0.25, 0.3) is 11.8 Å². The van der Waals surface area contributed by atoms with Crippen LogP contribution in [0.15, 0.2) is 83.9 Å². The Morgan fingerprint density at radius 1 is 0.927 bits per heavy atom. The van der Waals surface area contributed by atoms with E-state index in [0.717, 1.165) is 23.4 Å². The Balaban J connectivity index is 1.79. The average Bonchev–Trinajstić information content (AvgIpc) is 3.22. The van der Waals surface area contributed by atoms with Gasteiger partial charge in [-0.1, -0.05) is 74.5 Å². The minimum absolute atomic E-state index is 0.00284. The van der Waals surface area contributed by atoms with Crippen molar-refractivity contribution in [2.45, 2.75) is 38.8 Å². The molecule has 0 aliphatic carbocycles. The monoisotopic (exact) mass is 575 g/mol. The van der Waals surface area contributed by atoms with E-state index in [1.165, 1.54) is 11.9 Å². The van der Waals surface area contributed by atoms with Crippen LogP contribution in [0.25, 0.3) is 0 Å². The maximum absolute atomic E-state index is 14.3. The van der Waals surface area contributed by atoms with Crippen LogP contribution in [0, 0.1) is 0 Å². The van der Waals surface area contributed by atoms with Crippen molar-refractivity contribution in [3.05, 3.63) is 101 Å². The van der Waals surface area contributed by atoms with Crippen LogP contribution in [0.5, 0.6) is 0 Å². The molecule has 0 saturated heterocycles. The SMILES string of the molecule is CCCN(CCC)C(=O)c1cc(CN2C(=O)C(c3ccccc3)(c3ccccc3)N=C2N)cc(N(C)S(C)(=O)=O)c1. The van der Waals surface area contributed by atoms with E-state index in [2.05, 4.69) is 0 Å². The summed E-state index contributed by atoms with van der Waals surface area (Å²) in [5.74, 6) is -0.493. The first-order valence-electron chi connectivity index (χ1n) is 13.7. The van der Waals surface area contributed by atoms with Crippen LogP contribution in [0.4, 0.5) is 5.69 Å². The van der Waals surface area contributed by atoms with Crippen LogP contribution in [0.2, 0.25) is 0 Å². The Morgan fingerprint density at radius 3 is 1.95 bits per heavy atom. The molecule has 3 aromatic carbocycles. The van der Waals surface area contributed by atoms with Gasteiger partial charge in [-0.15, -0.1) is 0 Å². The summed E-state index contributed by atoms with van der Waals surface area (Å²) in [6.45, 7) is 5.16. The molecule has 10 heteroatoms. The number of amides is 2. The highest BCUT2D eigenvalue weighted by Gasteiger charge is 2.50. The fourth-order valence-electron chi connectivity index (χ4n) is 5.12. The van der Waals surface area contributed by atoms with E-state index < -0.39 is 15.6 Å². The molecule has 1 aliphatic rings. The van der Waals surface area contributed by atoms with Crippen molar-refractivity contribution in [3.63, 3.8) is 0 Å². The Kier molecular flexibility index (Phi) is 8.82. The van der Waals surface area contributed by atoms with Crippen LogP contribution in [0.1, 0.15) is 53.7 Å². The Bertz CT molecular complexity index is 1500. The molecule has 0 saturated carbocycles. The third kappa shape index (κ3) is 5.97. The molecule has 41 heavy (non-hydrogen) atoms. The molecular formula is C31H37N5O4S. The zero-order valence-electron chi connectivity index (χ0n) is 23.9. The van der Waals surface area contributed by atoms with Crippen molar-refractivity contribution < 1.29 is 18.0 Å². The topological polar surface area (TPSA) is 116 Å². The number of guanidine groups is 1. The fourth-order valence-corrected chi connectivity index (χ4v) is 5.60. The van der Waals surface area contributed by atoms with Crippen molar-refractivity contribution in [1.29, 1.82) is 0 Å². The van der Waals surface area contributed by atoms with Gasteiger partial charge in [0.05, 0.1) is 18.5 Å². The van der Waals surface area contributed by atoms with Crippen molar-refractivity contribution >= 4 is 33.5 Å². The number of hydrogen-bond acceptors (Lipinski definition) is 6. The quantitative estimate of drug-likeness (QED) is 0.372. The van der Waals surface area contributed by atoms with Gasteiger partial charge in [0, 0.05) is 25.7 Å². The lowest BCUT2D eigenvalue weighted by atomic mass is 9.83. The van der Waals surface area contributed by atoms with Gasteiger partial charge in [-0.2, -0.15) is 0 Å². The number of carbonyl (C=O) groups excluding carboxylic acids is 2. The standard InChI is InChI=1S/C31H37N5O4S/c1-5-17-35(18-6-2)28(37)24-19-23(20-27(21-24)34(3)41(4,39)40)22-36-29(38)31(33-30(36)32,25-13-9-7-10-14-25)26-15-11-8-12-16-26/h7-16,19-21H,5-6,17-18,22H2,1-4H3,(H2,32,33). The molecule has 3 aromatic rings. The van der Waals surface area contributed by atoms with Gasteiger partial charge < -0.3 is 10.6 Å². The van der Waals surface area contributed by atoms with E-state index in [9.17, 15) is 18.0 Å². The number of nitrogens with two attached hydrogens (primary N) is 1. The molecule has 2 N–H and O–H groups in total. The van der Waals surface area contributed by atoms with E-state index in [0.29, 0.717) is 41.0 Å². The fraction of sp³-hybridized carbons (Fsp3) is 0.323. The lowest BCUT2D eigenvalue weighted by molar-refractivity contribution is -0.130. The maximum atomic E-state index is 14.3. The minimum Gasteiger partial charge on any atom is -0.369 e. The normalized spacial score (nSPS) is 14.6. The Hall–Kier alpha value is -4.18. The number of benzene rings is 3. The zero-order valence-corrected chi connectivity index (χ0v) is 24.8. The first-order valence-corrected chi connectivity index (χ1v) is 15.5. The smallest absolute Gasteiger partial charge is 0.266 e. The second-order valence-electron chi connectivity index (χ2n) is 10.2. The second-order valence-corrected chi connectivity index (χ2v) is 12.2. The second kappa shape index (κ2) is 12.1. The third-order valence-electron chi connectivity index (χ3n) is 7.20. The van der Waals surface area contributed by atoms with Crippen molar-refractivity contribution in [2.75, 3.05) is 30.7 Å². The van der Waals surface area contributed by atoms with Crippen molar-refractivity contribution in [2.24, 2.45) is 10.7 Å². The molecule has 216 valence electrons. The zero-order chi connectivity index (χ0) is 29.8. The third-order valence-corrected chi connectivity index (χ3v) is 8.40. The molecule has 4 rings (SSSR count). The molecule has 1 heterocycles. The predicted octanol–water partition coefficient (Wildman–Crippen LogP) is 3.95. The lowest BCUT2D eigenvalue weighted by Gasteiger charge is -2.28. The van der Waals surface area contributed by atoms with Crippen LogP contribution in [-0.2, 0) is 26.9 Å². The summed E-state index contributed by atoms with van der Waals surface area (Å²) >= 11 is 0. The summed E-state index contributed by atoms with van der Waals surface area (Å²) in [6.07, 6.45) is 2.68. The van der Waals surface area contributed by atoms with Crippen molar-refractivity contribution in [3.8, 4) is 0 Å². The molecule has 0 atom stereocenters. The first-order chi connectivity index (χ1) is 19.5. The molecule has 2 amide bonds. The van der Waals surface area contributed by atoms with E-state index in [1.54, 1.807) is 23.1 Å². The van der Waals surface area contributed by atoms with Crippen molar-refractivity contribution in [1.82, 2.24) is 9.80 Å². The number of carbonyl (C=O) groups is 2. The van der Waals surface area contributed by atoms with E-state index in [-0.39, 0.29) is 24.3 Å². The van der Waals surface area contributed by atoms with Gasteiger partial charge in [-0.3, -0.25) is 18.8 Å². The summed E-state index contributed by atoms with van der Waals surface area (Å²) in [7, 11) is -2.18. The highest BCUT2D eigenvalue weighted by atomic mass is 32.2. The van der Waals surface area contributed by atoms with E-state index in [4.69, 9.17) is 10.7 Å². The number of nitrogens with zero attached hydrogens (tertiary/aromatic N) is 4. The van der Waals surface area contributed by atoms with Crippen LogP contribution >= 0.6 is 0 Å². The lowest BCUT2D eigenvalue weighted by Crippen LogP contribution is -2.43. The molecule has 0 radical (unpaired) electrons. The van der Waals surface area contributed by atoms with Gasteiger partial charge >= 0.3 is 0 Å². The average molecular weight is 576 g/mol. The number of anilines is 1. The summed E-state index contributed by atoms with van der Waals surface area (Å²) in [4.78, 5) is 35.7.